The Hall–Kier alpha value is -2.66. The molecule has 4 nitrogen and oxygen atoms in total. The van der Waals surface area contributed by atoms with Gasteiger partial charge in [-0.25, -0.2) is 4.98 Å². The molecular formula is C21H20N2O2S. The first-order chi connectivity index (χ1) is 12.7. The van der Waals surface area contributed by atoms with Crippen LogP contribution < -0.4 is 9.64 Å². The third-order valence-electron chi connectivity index (χ3n) is 4.54. The Kier molecular flexibility index (Phi) is 4.47. The molecule has 0 atom stereocenters. The second-order valence-electron chi connectivity index (χ2n) is 6.23. The predicted molar refractivity (Wildman–Crippen MR) is 105 cm³/mol. The van der Waals surface area contributed by atoms with Crippen molar-refractivity contribution in [1.29, 1.82) is 0 Å². The molecule has 0 bridgehead atoms. The van der Waals surface area contributed by atoms with Crippen molar-refractivity contribution in [2.45, 2.75) is 20.3 Å². The molecule has 132 valence electrons. The number of aryl methyl sites for hydroxylation is 1. The number of carbonyl (C=O) groups excluding carboxylic acids is 1. The molecule has 0 spiro atoms. The molecule has 1 aliphatic rings. The molecule has 0 aliphatic carbocycles. The van der Waals surface area contributed by atoms with Gasteiger partial charge >= 0.3 is 0 Å². The fourth-order valence-electron chi connectivity index (χ4n) is 3.25. The zero-order valence-electron chi connectivity index (χ0n) is 14.9. The number of ether oxygens (including phenoxy) is 1. The van der Waals surface area contributed by atoms with Gasteiger partial charge in [0, 0.05) is 17.8 Å². The fourth-order valence-corrected chi connectivity index (χ4v) is 4.27. The Morgan fingerprint density at radius 2 is 1.96 bits per heavy atom. The number of thiazole rings is 1. The zero-order chi connectivity index (χ0) is 18.1. The molecule has 0 unspecified atom stereocenters. The summed E-state index contributed by atoms with van der Waals surface area (Å²) in [5.41, 5.74) is 4.04. The van der Waals surface area contributed by atoms with Gasteiger partial charge in [-0.3, -0.25) is 4.79 Å². The van der Waals surface area contributed by atoms with Crippen LogP contribution in [-0.4, -0.2) is 24.0 Å². The molecule has 3 aromatic rings. The first-order valence-electron chi connectivity index (χ1n) is 8.78. The molecule has 1 aliphatic heterocycles. The summed E-state index contributed by atoms with van der Waals surface area (Å²) in [5.74, 6) is 0.886. The smallest absolute Gasteiger partial charge is 0.270 e. The minimum Gasteiger partial charge on any atom is -0.494 e. The molecule has 1 amide bonds. The SMILES string of the molecule is CCOc1ccc(-c2nc(C)c(C(=O)N3CCc4ccccc43)s2)cc1. The molecule has 1 aromatic heterocycles. The van der Waals surface area contributed by atoms with Crippen LogP contribution in [0.15, 0.2) is 48.5 Å². The van der Waals surface area contributed by atoms with Crippen LogP contribution in [0.3, 0.4) is 0 Å². The summed E-state index contributed by atoms with van der Waals surface area (Å²) in [6.45, 7) is 5.25. The van der Waals surface area contributed by atoms with E-state index in [1.807, 2.05) is 61.2 Å². The molecule has 0 radical (unpaired) electrons. The largest absolute Gasteiger partial charge is 0.494 e. The third-order valence-corrected chi connectivity index (χ3v) is 5.73. The van der Waals surface area contributed by atoms with E-state index in [0.29, 0.717) is 11.5 Å². The lowest BCUT2D eigenvalue weighted by Gasteiger charge is -2.16. The number of amides is 1. The summed E-state index contributed by atoms with van der Waals surface area (Å²) in [4.78, 5) is 20.3. The van der Waals surface area contributed by atoms with Crippen LogP contribution in [0.5, 0.6) is 5.75 Å². The van der Waals surface area contributed by atoms with Crippen LogP contribution in [-0.2, 0) is 6.42 Å². The number of benzene rings is 2. The lowest BCUT2D eigenvalue weighted by molar-refractivity contribution is 0.0992. The molecule has 5 heteroatoms. The second-order valence-corrected chi connectivity index (χ2v) is 7.23. The molecule has 2 heterocycles. The normalized spacial score (nSPS) is 12.9. The molecule has 0 saturated carbocycles. The van der Waals surface area contributed by atoms with Crippen LogP contribution in [0.25, 0.3) is 10.6 Å². The number of anilines is 1. The third kappa shape index (κ3) is 2.99. The first kappa shape index (κ1) is 16.8. The van der Waals surface area contributed by atoms with E-state index in [2.05, 4.69) is 11.1 Å². The first-order valence-corrected chi connectivity index (χ1v) is 9.59. The summed E-state index contributed by atoms with van der Waals surface area (Å²) < 4.78 is 5.49. The Morgan fingerprint density at radius 1 is 1.19 bits per heavy atom. The van der Waals surface area contributed by atoms with Gasteiger partial charge in [-0.2, -0.15) is 0 Å². The van der Waals surface area contributed by atoms with Gasteiger partial charge in [-0.1, -0.05) is 18.2 Å². The number of carbonyl (C=O) groups is 1. The molecule has 2 aromatic carbocycles. The minimum absolute atomic E-state index is 0.0436. The summed E-state index contributed by atoms with van der Waals surface area (Å²) in [5, 5.41) is 0.862. The summed E-state index contributed by atoms with van der Waals surface area (Å²) in [6, 6.07) is 16.0. The van der Waals surface area contributed by atoms with Crippen molar-refractivity contribution in [3.63, 3.8) is 0 Å². The van der Waals surface area contributed by atoms with E-state index in [9.17, 15) is 4.79 Å². The van der Waals surface area contributed by atoms with Crippen LogP contribution in [0, 0.1) is 6.92 Å². The lowest BCUT2D eigenvalue weighted by Crippen LogP contribution is -2.28. The number of nitrogens with zero attached hydrogens (tertiary/aromatic N) is 2. The highest BCUT2D eigenvalue weighted by Crippen LogP contribution is 2.33. The van der Waals surface area contributed by atoms with Crippen LogP contribution in [0.1, 0.15) is 27.9 Å². The van der Waals surface area contributed by atoms with E-state index >= 15 is 0 Å². The minimum atomic E-state index is 0.0436. The van der Waals surface area contributed by atoms with Gasteiger partial charge in [0.25, 0.3) is 5.91 Å². The second kappa shape index (κ2) is 6.92. The molecule has 4 rings (SSSR count). The van der Waals surface area contributed by atoms with E-state index in [1.54, 1.807) is 0 Å². The predicted octanol–water partition coefficient (Wildman–Crippen LogP) is 4.72. The zero-order valence-corrected chi connectivity index (χ0v) is 15.7. The van der Waals surface area contributed by atoms with Crippen LogP contribution >= 0.6 is 11.3 Å². The Balaban J connectivity index is 1.62. The number of hydrogen-bond donors (Lipinski definition) is 0. The molecule has 0 fully saturated rings. The van der Waals surface area contributed by atoms with E-state index < -0.39 is 0 Å². The van der Waals surface area contributed by atoms with Gasteiger partial charge in [-0.05, 0) is 56.2 Å². The summed E-state index contributed by atoms with van der Waals surface area (Å²) in [6.07, 6.45) is 0.908. The van der Waals surface area contributed by atoms with Crippen molar-refractivity contribution in [3.05, 3.63) is 64.7 Å². The van der Waals surface area contributed by atoms with E-state index in [4.69, 9.17) is 4.74 Å². The van der Waals surface area contributed by atoms with Gasteiger partial charge in [-0.15, -0.1) is 11.3 Å². The molecule has 0 N–H and O–H groups in total. The summed E-state index contributed by atoms with van der Waals surface area (Å²) in [7, 11) is 0. The monoisotopic (exact) mass is 364 g/mol. The van der Waals surface area contributed by atoms with Crippen molar-refractivity contribution in [2.75, 3.05) is 18.1 Å². The molecule has 0 saturated heterocycles. The average Bonchev–Trinajstić information content (AvgIpc) is 3.26. The molecule has 26 heavy (non-hydrogen) atoms. The maximum absolute atomic E-state index is 13.1. The van der Waals surface area contributed by atoms with Gasteiger partial charge in [0.1, 0.15) is 15.6 Å². The van der Waals surface area contributed by atoms with E-state index in [1.165, 1.54) is 16.9 Å². The maximum atomic E-state index is 13.1. The number of hydrogen-bond acceptors (Lipinski definition) is 4. The summed E-state index contributed by atoms with van der Waals surface area (Å²) >= 11 is 1.46. The Labute approximate surface area is 157 Å². The topological polar surface area (TPSA) is 42.4 Å². The van der Waals surface area contributed by atoms with Crippen molar-refractivity contribution in [2.24, 2.45) is 0 Å². The standard InChI is InChI=1S/C21H20N2O2S/c1-3-25-17-10-8-16(9-11-17)20-22-14(2)19(26-20)21(24)23-13-12-15-6-4-5-7-18(15)23/h4-11H,3,12-13H2,1-2H3. The van der Waals surface area contributed by atoms with Gasteiger partial charge in [0.05, 0.1) is 12.3 Å². The number of para-hydroxylation sites is 1. The van der Waals surface area contributed by atoms with Crippen molar-refractivity contribution in [1.82, 2.24) is 4.98 Å². The highest BCUT2D eigenvalue weighted by Gasteiger charge is 2.28. The Bertz CT molecular complexity index is 947. The highest BCUT2D eigenvalue weighted by atomic mass is 32.1. The number of rotatable bonds is 4. The van der Waals surface area contributed by atoms with Crippen LogP contribution in [0.4, 0.5) is 5.69 Å². The Morgan fingerprint density at radius 3 is 2.73 bits per heavy atom. The fraction of sp³-hybridized carbons (Fsp3) is 0.238. The van der Waals surface area contributed by atoms with E-state index in [0.717, 1.165) is 40.7 Å². The van der Waals surface area contributed by atoms with Gasteiger partial charge < -0.3 is 9.64 Å². The van der Waals surface area contributed by atoms with Crippen LogP contribution in [0.2, 0.25) is 0 Å². The van der Waals surface area contributed by atoms with Crippen molar-refractivity contribution >= 4 is 22.9 Å². The number of fused-ring (bicyclic) bond motifs is 1. The lowest BCUT2D eigenvalue weighted by atomic mass is 10.2. The highest BCUT2D eigenvalue weighted by molar-refractivity contribution is 7.17. The average molecular weight is 364 g/mol. The van der Waals surface area contributed by atoms with Crippen molar-refractivity contribution in [3.8, 4) is 16.3 Å². The van der Waals surface area contributed by atoms with Gasteiger partial charge in [0.15, 0.2) is 0 Å². The number of aromatic nitrogens is 1. The quantitative estimate of drug-likeness (QED) is 0.673. The van der Waals surface area contributed by atoms with E-state index in [-0.39, 0.29) is 5.91 Å². The maximum Gasteiger partial charge on any atom is 0.270 e. The molecular weight excluding hydrogens is 344 g/mol. The van der Waals surface area contributed by atoms with Crippen molar-refractivity contribution < 1.29 is 9.53 Å². The van der Waals surface area contributed by atoms with Gasteiger partial charge in [0.2, 0.25) is 0 Å².